The van der Waals surface area contributed by atoms with Gasteiger partial charge in [0.15, 0.2) is 0 Å². The van der Waals surface area contributed by atoms with E-state index >= 15 is 0 Å². The van der Waals surface area contributed by atoms with Crippen molar-refractivity contribution in [1.29, 1.82) is 5.26 Å². The molecule has 0 saturated carbocycles. The van der Waals surface area contributed by atoms with Crippen LogP contribution in [0.1, 0.15) is 25.0 Å². The summed E-state index contributed by atoms with van der Waals surface area (Å²) in [5.41, 5.74) is 1.68. The number of hydrogen-bond acceptors (Lipinski definition) is 4. The first kappa shape index (κ1) is 14.8. The zero-order valence-electron chi connectivity index (χ0n) is 11.6. The molecule has 0 bridgehead atoms. The number of nitriles is 1. The molecule has 4 heteroatoms. The van der Waals surface area contributed by atoms with Gasteiger partial charge in [-0.15, -0.1) is 0 Å². The molecule has 100 valence electrons. The molecule has 0 spiro atoms. The molecule has 0 aliphatic carbocycles. The van der Waals surface area contributed by atoms with Crippen LogP contribution in [0.4, 0.5) is 0 Å². The molecule has 1 aromatic rings. The lowest BCUT2D eigenvalue weighted by Gasteiger charge is -2.07. The molecule has 0 fully saturated rings. The van der Waals surface area contributed by atoms with Crippen LogP contribution < -0.4 is 4.74 Å². The molecule has 4 nitrogen and oxygen atoms in total. The summed E-state index contributed by atoms with van der Waals surface area (Å²) in [7, 11) is 1.60. The van der Waals surface area contributed by atoms with Crippen LogP contribution in [0.3, 0.4) is 0 Å². The Morgan fingerprint density at radius 3 is 2.58 bits per heavy atom. The molecule has 0 saturated heterocycles. The molecule has 0 aliphatic rings. The number of benzene rings is 1. The molecule has 1 rings (SSSR count). The number of aryl methyl sites for hydroxylation is 1. The van der Waals surface area contributed by atoms with E-state index in [1.807, 2.05) is 19.1 Å². The summed E-state index contributed by atoms with van der Waals surface area (Å²) in [5.74, 6) is 0.159. The fourth-order valence-corrected chi connectivity index (χ4v) is 1.57. The van der Waals surface area contributed by atoms with E-state index in [4.69, 9.17) is 14.7 Å². The third-order valence-electron chi connectivity index (χ3n) is 2.41. The van der Waals surface area contributed by atoms with E-state index in [9.17, 15) is 4.79 Å². The predicted octanol–water partition coefficient (Wildman–Crippen LogP) is 2.86. The minimum Gasteiger partial charge on any atom is -0.496 e. The number of carbonyl (C=O) groups is 1. The summed E-state index contributed by atoms with van der Waals surface area (Å²) in [6, 6.07) is 7.28. The van der Waals surface area contributed by atoms with Crippen LogP contribution in [0.5, 0.6) is 5.75 Å². The largest absolute Gasteiger partial charge is 0.496 e. The maximum Gasteiger partial charge on any atom is 0.349 e. The Morgan fingerprint density at radius 2 is 2.11 bits per heavy atom. The van der Waals surface area contributed by atoms with Crippen LogP contribution in [-0.2, 0) is 9.53 Å². The van der Waals surface area contributed by atoms with E-state index in [0.29, 0.717) is 0 Å². The van der Waals surface area contributed by atoms with Crippen LogP contribution in [-0.4, -0.2) is 19.2 Å². The average Bonchev–Trinajstić information content (AvgIpc) is 2.35. The van der Waals surface area contributed by atoms with Gasteiger partial charge in [-0.1, -0.05) is 6.07 Å². The summed E-state index contributed by atoms with van der Waals surface area (Å²) in [6.45, 7) is 5.38. The Balaban J connectivity index is 3.02. The van der Waals surface area contributed by atoms with Gasteiger partial charge in [-0.25, -0.2) is 4.79 Å². The van der Waals surface area contributed by atoms with Crippen molar-refractivity contribution < 1.29 is 14.3 Å². The molecule has 0 aromatic heterocycles. The number of methoxy groups -OCH3 is 1. The maximum absolute atomic E-state index is 11.7. The number of carbonyl (C=O) groups excluding carboxylic acids is 1. The molecule has 0 radical (unpaired) electrons. The highest BCUT2D eigenvalue weighted by molar-refractivity contribution is 5.98. The monoisotopic (exact) mass is 259 g/mol. The third-order valence-corrected chi connectivity index (χ3v) is 2.41. The van der Waals surface area contributed by atoms with Gasteiger partial charge in [0.1, 0.15) is 17.4 Å². The summed E-state index contributed by atoms with van der Waals surface area (Å²) >= 11 is 0. The predicted molar refractivity (Wildman–Crippen MR) is 72.5 cm³/mol. The Bertz CT molecular complexity index is 539. The first-order valence-corrected chi connectivity index (χ1v) is 5.95. The highest BCUT2D eigenvalue weighted by Gasteiger charge is 2.12. The second-order valence-electron chi connectivity index (χ2n) is 4.35. The Kier molecular flexibility index (Phi) is 5.13. The number of nitrogens with zero attached hydrogens (tertiary/aromatic N) is 1. The molecule has 0 heterocycles. The molecule has 19 heavy (non-hydrogen) atoms. The standard InChI is InChI=1S/C15H17NO3/c1-10(2)19-15(17)13(9-16)8-12-5-6-14(18-4)11(3)7-12/h5-8,10H,1-4H3/b13-8+. The normalized spacial score (nSPS) is 11.1. The fraction of sp³-hybridized carbons (Fsp3) is 0.333. The SMILES string of the molecule is COc1ccc(/C=C(\C#N)C(=O)OC(C)C)cc1C. The van der Waals surface area contributed by atoms with Crippen molar-refractivity contribution >= 4 is 12.0 Å². The molecule has 1 aromatic carbocycles. The number of ether oxygens (including phenoxy) is 2. The van der Waals surface area contributed by atoms with Gasteiger partial charge in [-0.3, -0.25) is 0 Å². The van der Waals surface area contributed by atoms with Crippen molar-refractivity contribution in [2.75, 3.05) is 7.11 Å². The Labute approximate surface area is 113 Å². The minimum absolute atomic E-state index is 0.0155. The lowest BCUT2D eigenvalue weighted by molar-refractivity contribution is -0.142. The van der Waals surface area contributed by atoms with E-state index in [1.165, 1.54) is 6.08 Å². The Hall–Kier alpha value is -2.28. The molecule has 0 N–H and O–H groups in total. The van der Waals surface area contributed by atoms with E-state index in [0.717, 1.165) is 16.9 Å². The van der Waals surface area contributed by atoms with Crippen LogP contribution in [0.25, 0.3) is 6.08 Å². The lowest BCUT2D eigenvalue weighted by atomic mass is 10.1. The number of esters is 1. The number of hydrogen-bond donors (Lipinski definition) is 0. The van der Waals surface area contributed by atoms with Crippen molar-refractivity contribution in [2.45, 2.75) is 26.9 Å². The highest BCUT2D eigenvalue weighted by atomic mass is 16.5. The van der Waals surface area contributed by atoms with Gasteiger partial charge in [0, 0.05) is 0 Å². The van der Waals surface area contributed by atoms with Crippen molar-refractivity contribution in [2.24, 2.45) is 0 Å². The third kappa shape index (κ3) is 4.14. The van der Waals surface area contributed by atoms with Gasteiger partial charge in [-0.05, 0) is 50.1 Å². The molecule has 0 aliphatic heterocycles. The second kappa shape index (κ2) is 6.60. The maximum atomic E-state index is 11.7. The van der Waals surface area contributed by atoms with Gasteiger partial charge >= 0.3 is 5.97 Å². The van der Waals surface area contributed by atoms with Crippen LogP contribution >= 0.6 is 0 Å². The van der Waals surface area contributed by atoms with Crippen molar-refractivity contribution in [1.82, 2.24) is 0 Å². The van der Waals surface area contributed by atoms with Crippen molar-refractivity contribution in [3.05, 3.63) is 34.9 Å². The first-order chi connectivity index (χ1) is 8.97. The Morgan fingerprint density at radius 1 is 1.42 bits per heavy atom. The molecule has 0 unspecified atom stereocenters. The first-order valence-electron chi connectivity index (χ1n) is 5.95. The van der Waals surface area contributed by atoms with Crippen molar-refractivity contribution in [3.8, 4) is 11.8 Å². The van der Waals surface area contributed by atoms with Gasteiger partial charge in [0.2, 0.25) is 0 Å². The molecular weight excluding hydrogens is 242 g/mol. The van der Waals surface area contributed by atoms with Crippen molar-refractivity contribution in [3.63, 3.8) is 0 Å². The summed E-state index contributed by atoms with van der Waals surface area (Å²) in [5, 5.41) is 9.00. The minimum atomic E-state index is -0.606. The molecule has 0 amide bonds. The zero-order valence-corrected chi connectivity index (χ0v) is 11.6. The quantitative estimate of drug-likeness (QED) is 0.474. The summed E-state index contributed by atoms with van der Waals surface area (Å²) in [6.07, 6.45) is 1.26. The summed E-state index contributed by atoms with van der Waals surface area (Å²) in [4.78, 5) is 11.7. The lowest BCUT2D eigenvalue weighted by Crippen LogP contribution is -2.12. The van der Waals surface area contributed by atoms with Gasteiger partial charge in [-0.2, -0.15) is 5.26 Å². The van der Waals surface area contributed by atoms with E-state index in [2.05, 4.69) is 0 Å². The van der Waals surface area contributed by atoms with Gasteiger partial charge in [0.05, 0.1) is 13.2 Å². The van der Waals surface area contributed by atoms with E-state index < -0.39 is 5.97 Å². The number of rotatable bonds is 4. The molecular formula is C15H17NO3. The summed E-state index contributed by atoms with van der Waals surface area (Å²) < 4.78 is 10.2. The second-order valence-corrected chi connectivity index (χ2v) is 4.35. The van der Waals surface area contributed by atoms with E-state index in [1.54, 1.807) is 33.1 Å². The fourth-order valence-electron chi connectivity index (χ4n) is 1.57. The van der Waals surface area contributed by atoms with Gasteiger partial charge in [0.25, 0.3) is 0 Å². The zero-order chi connectivity index (χ0) is 14.4. The van der Waals surface area contributed by atoms with Crippen LogP contribution in [0, 0.1) is 18.3 Å². The smallest absolute Gasteiger partial charge is 0.349 e. The highest BCUT2D eigenvalue weighted by Crippen LogP contribution is 2.20. The topological polar surface area (TPSA) is 59.3 Å². The molecule has 0 atom stereocenters. The average molecular weight is 259 g/mol. The van der Waals surface area contributed by atoms with Crippen LogP contribution in [0.2, 0.25) is 0 Å². The van der Waals surface area contributed by atoms with Gasteiger partial charge < -0.3 is 9.47 Å². The van der Waals surface area contributed by atoms with Crippen LogP contribution in [0.15, 0.2) is 23.8 Å². The van der Waals surface area contributed by atoms with E-state index in [-0.39, 0.29) is 11.7 Å².